The molecule has 0 aliphatic rings. The molecule has 0 saturated heterocycles. The minimum Gasteiger partial charge on any atom is -0.497 e. The lowest BCUT2D eigenvalue weighted by atomic mass is 10.0. The van der Waals surface area contributed by atoms with Gasteiger partial charge in [0, 0.05) is 18.5 Å². The summed E-state index contributed by atoms with van der Waals surface area (Å²) in [7, 11) is 1.63. The largest absolute Gasteiger partial charge is 0.497 e. The van der Waals surface area contributed by atoms with Gasteiger partial charge in [-0.2, -0.15) is 0 Å². The SMILES string of the molecule is COc1cccc(CNC[C@@H](O)[C@H](Cc2ccccc2)NC(=O)c2csc(N)n2)c1.Cl.Cl. The molecule has 1 amide bonds. The molecule has 0 bridgehead atoms. The molecule has 3 aromatic rings. The Morgan fingerprint density at radius 3 is 2.53 bits per heavy atom. The zero-order chi connectivity index (χ0) is 21.3. The van der Waals surface area contributed by atoms with Gasteiger partial charge in [0.1, 0.15) is 11.4 Å². The van der Waals surface area contributed by atoms with Crippen LogP contribution in [0.5, 0.6) is 5.75 Å². The van der Waals surface area contributed by atoms with Crippen molar-refractivity contribution in [1.29, 1.82) is 0 Å². The molecule has 32 heavy (non-hydrogen) atoms. The third kappa shape index (κ3) is 8.29. The van der Waals surface area contributed by atoms with Gasteiger partial charge in [-0.05, 0) is 29.7 Å². The molecule has 1 heterocycles. The van der Waals surface area contributed by atoms with E-state index < -0.39 is 12.1 Å². The Balaban J connectivity index is 0.00000256. The highest BCUT2D eigenvalue weighted by molar-refractivity contribution is 7.13. The van der Waals surface area contributed by atoms with E-state index in [4.69, 9.17) is 10.5 Å². The van der Waals surface area contributed by atoms with Gasteiger partial charge in [0.15, 0.2) is 5.13 Å². The van der Waals surface area contributed by atoms with Crippen LogP contribution in [0.1, 0.15) is 21.6 Å². The maximum Gasteiger partial charge on any atom is 0.271 e. The predicted molar refractivity (Wildman–Crippen MR) is 133 cm³/mol. The number of nitrogens with two attached hydrogens (primary N) is 1. The van der Waals surface area contributed by atoms with Gasteiger partial charge in [0.25, 0.3) is 5.91 Å². The number of rotatable bonds is 10. The van der Waals surface area contributed by atoms with Crippen LogP contribution < -0.4 is 21.1 Å². The molecule has 2 atom stereocenters. The minimum absolute atomic E-state index is 0. The van der Waals surface area contributed by atoms with Gasteiger partial charge in [0.2, 0.25) is 0 Å². The first-order chi connectivity index (χ1) is 14.5. The molecule has 0 saturated carbocycles. The Labute approximate surface area is 204 Å². The van der Waals surface area contributed by atoms with Gasteiger partial charge in [-0.1, -0.05) is 42.5 Å². The number of aromatic nitrogens is 1. The van der Waals surface area contributed by atoms with Gasteiger partial charge in [-0.15, -0.1) is 36.2 Å². The summed E-state index contributed by atoms with van der Waals surface area (Å²) in [5.41, 5.74) is 7.95. The average molecular weight is 499 g/mol. The predicted octanol–water partition coefficient (Wildman–Crippen LogP) is 3.07. The molecule has 0 spiro atoms. The fraction of sp³-hybridized carbons (Fsp3) is 0.273. The second kappa shape index (κ2) is 13.9. The number of carbonyl (C=O) groups excluding carboxylic acids is 1. The average Bonchev–Trinajstić information content (AvgIpc) is 3.20. The summed E-state index contributed by atoms with van der Waals surface area (Å²) in [4.78, 5) is 16.6. The van der Waals surface area contributed by atoms with Crippen LogP contribution in [0.4, 0.5) is 5.13 Å². The van der Waals surface area contributed by atoms with Gasteiger partial charge in [0.05, 0.1) is 19.3 Å². The summed E-state index contributed by atoms with van der Waals surface area (Å²) in [5, 5.41) is 18.9. The Kier molecular flexibility index (Phi) is 12.0. The number of carbonyl (C=O) groups is 1. The molecule has 174 valence electrons. The standard InChI is InChI=1S/C22H26N4O3S.2ClH/c1-29-17-9-5-8-16(10-17)12-24-13-20(27)18(11-15-6-3-2-4-7-15)25-21(28)19-14-30-22(23)26-19;;/h2-10,14,18,20,24,27H,11-13H2,1H3,(H2,23,26)(H,25,28);2*1H/t18-,20+;;/m0../s1. The first kappa shape index (κ1) is 27.7. The van der Waals surface area contributed by atoms with E-state index >= 15 is 0 Å². The maximum absolute atomic E-state index is 12.6. The number of hydrogen-bond acceptors (Lipinski definition) is 7. The number of thiazole rings is 1. The fourth-order valence-corrected chi connectivity index (χ4v) is 3.62. The molecule has 0 radical (unpaired) electrons. The third-order valence-corrected chi connectivity index (χ3v) is 5.32. The number of halogens is 2. The molecule has 5 N–H and O–H groups in total. The van der Waals surface area contributed by atoms with Crippen molar-refractivity contribution in [3.8, 4) is 5.75 Å². The minimum atomic E-state index is -0.796. The van der Waals surface area contributed by atoms with Gasteiger partial charge < -0.3 is 26.2 Å². The molecule has 10 heteroatoms. The number of benzene rings is 2. The van der Waals surface area contributed by atoms with Crippen LogP contribution in [0.15, 0.2) is 60.0 Å². The number of nitrogens with one attached hydrogen (secondary N) is 2. The number of amides is 1. The second-order valence-corrected chi connectivity index (χ2v) is 7.78. The molecular weight excluding hydrogens is 471 g/mol. The van der Waals surface area contributed by atoms with Crippen molar-refractivity contribution in [1.82, 2.24) is 15.6 Å². The first-order valence-corrected chi connectivity index (χ1v) is 10.5. The van der Waals surface area contributed by atoms with E-state index in [1.165, 1.54) is 11.3 Å². The van der Waals surface area contributed by atoms with Crippen LogP contribution in [-0.4, -0.2) is 41.8 Å². The zero-order valence-electron chi connectivity index (χ0n) is 17.6. The molecule has 0 unspecified atom stereocenters. The van der Waals surface area contributed by atoms with Gasteiger partial charge in [-0.25, -0.2) is 4.98 Å². The molecule has 0 aliphatic carbocycles. The van der Waals surface area contributed by atoms with Crippen LogP contribution in [0.25, 0.3) is 0 Å². The normalized spacial score (nSPS) is 12.1. The summed E-state index contributed by atoms with van der Waals surface area (Å²) < 4.78 is 5.24. The molecule has 1 aromatic heterocycles. The Morgan fingerprint density at radius 1 is 1.16 bits per heavy atom. The van der Waals surface area contributed by atoms with Gasteiger partial charge >= 0.3 is 0 Å². The van der Waals surface area contributed by atoms with E-state index in [9.17, 15) is 9.90 Å². The van der Waals surface area contributed by atoms with Crippen LogP contribution in [0.3, 0.4) is 0 Å². The highest BCUT2D eigenvalue weighted by Crippen LogP contribution is 2.14. The lowest BCUT2D eigenvalue weighted by Crippen LogP contribution is -2.48. The molecule has 0 fully saturated rings. The molecule has 2 aromatic carbocycles. The third-order valence-electron chi connectivity index (χ3n) is 4.65. The molecule has 0 aliphatic heterocycles. The Hall–Kier alpha value is -2.36. The van der Waals surface area contributed by atoms with Crippen molar-refractivity contribution in [2.24, 2.45) is 0 Å². The van der Waals surface area contributed by atoms with E-state index in [0.717, 1.165) is 16.9 Å². The smallest absolute Gasteiger partial charge is 0.271 e. The number of hydrogen-bond donors (Lipinski definition) is 4. The van der Waals surface area contributed by atoms with E-state index in [-0.39, 0.29) is 36.4 Å². The quantitative estimate of drug-likeness (QED) is 0.342. The van der Waals surface area contributed by atoms with Crippen molar-refractivity contribution < 1.29 is 14.6 Å². The zero-order valence-corrected chi connectivity index (χ0v) is 20.0. The summed E-state index contributed by atoms with van der Waals surface area (Å²) in [5.74, 6) is 0.433. The number of aliphatic hydroxyl groups is 1. The van der Waals surface area contributed by atoms with E-state index in [1.54, 1.807) is 12.5 Å². The molecule has 7 nitrogen and oxygen atoms in total. The number of aliphatic hydroxyl groups excluding tert-OH is 1. The van der Waals surface area contributed by atoms with E-state index in [0.29, 0.717) is 24.6 Å². The Bertz CT molecular complexity index is 959. The summed E-state index contributed by atoms with van der Waals surface area (Å²) in [6.07, 6.45) is -0.301. The van der Waals surface area contributed by atoms with Gasteiger partial charge in [-0.3, -0.25) is 4.79 Å². The highest BCUT2D eigenvalue weighted by Gasteiger charge is 2.23. The lowest BCUT2D eigenvalue weighted by Gasteiger charge is -2.24. The van der Waals surface area contributed by atoms with Crippen molar-refractivity contribution in [2.75, 3.05) is 19.4 Å². The Morgan fingerprint density at radius 2 is 1.88 bits per heavy atom. The van der Waals surface area contributed by atoms with Crippen molar-refractivity contribution in [2.45, 2.75) is 25.1 Å². The molecular formula is C22H28Cl2N4O3S. The number of nitrogen functional groups attached to an aromatic ring is 1. The van der Waals surface area contributed by atoms with Crippen LogP contribution in [-0.2, 0) is 13.0 Å². The summed E-state index contributed by atoms with van der Waals surface area (Å²) in [6, 6.07) is 17.0. The number of ether oxygens (including phenoxy) is 1. The van der Waals surface area contributed by atoms with E-state index in [1.807, 2.05) is 54.6 Å². The first-order valence-electron chi connectivity index (χ1n) is 9.62. The number of anilines is 1. The van der Waals surface area contributed by atoms with Crippen LogP contribution >= 0.6 is 36.2 Å². The second-order valence-electron chi connectivity index (χ2n) is 6.89. The summed E-state index contributed by atoms with van der Waals surface area (Å²) in [6.45, 7) is 0.886. The highest BCUT2D eigenvalue weighted by atomic mass is 35.5. The van der Waals surface area contributed by atoms with Crippen molar-refractivity contribution in [3.05, 3.63) is 76.8 Å². The number of nitrogens with zero attached hydrogens (tertiary/aromatic N) is 1. The van der Waals surface area contributed by atoms with Crippen molar-refractivity contribution >= 4 is 47.2 Å². The lowest BCUT2D eigenvalue weighted by molar-refractivity contribution is 0.0826. The monoisotopic (exact) mass is 498 g/mol. The number of methoxy groups -OCH3 is 1. The maximum atomic E-state index is 12.6. The van der Waals surface area contributed by atoms with Crippen LogP contribution in [0, 0.1) is 0 Å². The van der Waals surface area contributed by atoms with E-state index in [2.05, 4.69) is 15.6 Å². The topological polar surface area (TPSA) is 110 Å². The summed E-state index contributed by atoms with van der Waals surface area (Å²) >= 11 is 1.21. The molecule has 3 rings (SSSR count). The van der Waals surface area contributed by atoms with Crippen LogP contribution in [0.2, 0.25) is 0 Å². The van der Waals surface area contributed by atoms with Crippen molar-refractivity contribution in [3.63, 3.8) is 0 Å². The fourth-order valence-electron chi connectivity index (χ4n) is 3.07.